The molecule has 0 aliphatic carbocycles. The highest BCUT2D eigenvalue weighted by Gasteiger charge is 2.27. The lowest BCUT2D eigenvalue weighted by molar-refractivity contribution is -0.119. The average molecular weight is 510 g/mol. The van der Waals surface area contributed by atoms with Crippen LogP contribution in [0.3, 0.4) is 0 Å². The fourth-order valence-corrected chi connectivity index (χ4v) is 5.21. The van der Waals surface area contributed by atoms with Crippen LogP contribution in [-0.2, 0) is 4.79 Å². The molecule has 3 aromatic rings. The molecule has 2 aromatic heterocycles. The molecule has 0 unspecified atom stereocenters. The molecule has 5 rings (SSSR count). The number of rotatable bonds is 6. The number of nitrogens with one attached hydrogen (secondary N) is 2. The summed E-state index contributed by atoms with van der Waals surface area (Å²) in [7, 11) is 0. The number of benzene rings is 1. The van der Waals surface area contributed by atoms with Gasteiger partial charge >= 0.3 is 6.09 Å². The summed E-state index contributed by atoms with van der Waals surface area (Å²) in [5.74, 6) is 0.800. The Morgan fingerprint density at radius 2 is 2.17 bits per heavy atom. The SMILES string of the molecule is Cc1cc(Nc2nccc(O[C@@H]3CCN(C(=O)O)C3)n2)cc(-c2cnc(N3CCCNC(=O)C3)s2)c1. The van der Waals surface area contributed by atoms with Crippen molar-refractivity contribution in [3.05, 3.63) is 42.2 Å². The molecule has 12 heteroatoms. The van der Waals surface area contributed by atoms with Crippen LogP contribution in [0.2, 0.25) is 0 Å². The molecule has 0 bridgehead atoms. The summed E-state index contributed by atoms with van der Waals surface area (Å²) in [5.41, 5.74) is 2.89. The Morgan fingerprint density at radius 3 is 3.00 bits per heavy atom. The molecule has 4 heterocycles. The van der Waals surface area contributed by atoms with Crippen LogP contribution in [0.15, 0.2) is 36.7 Å². The van der Waals surface area contributed by atoms with Crippen LogP contribution in [0.1, 0.15) is 18.4 Å². The van der Waals surface area contributed by atoms with E-state index >= 15 is 0 Å². The van der Waals surface area contributed by atoms with E-state index in [2.05, 4.69) is 31.7 Å². The van der Waals surface area contributed by atoms with E-state index < -0.39 is 6.09 Å². The second-order valence-corrected chi connectivity index (χ2v) is 9.83. The van der Waals surface area contributed by atoms with Crippen molar-refractivity contribution in [2.75, 3.05) is 42.9 Å². The lowest BCUT2D eigenvalue weighted by atomic mass is 10.1. The highest BCUT2D eigenvalue weighted by atomic mass is 32.1. The third-order valence-corrected chi connectivity index (χ3v) is 7.08. The number of likely N-dealkylation sites (tertiary alicyclic amines) is 1. The van der Waals surface area contributed by atoms with Gasteiger partial charge < -0.3 is 30.3 Å². The van der Waals surface area contributed by atoms with Gasteiger partial charge in [0.1, 0.15) is 6.10 Å². The first-order valence-corrected chi connectivity index (χ1v) is 12.6. The normalized spacial score (nSPS) is 18.0. The predicted molar refractivity (Wildman–Crippen MR) is 136 cm³/mol. The van der Waals surface area contributed by atoms with Gasteiger partial charge in [-0.05, 0) is 36.6 Å². The number of ether oxygens (including phenoxy) is 1. The van der Waals surface area contributed by atoms with Gasteiger partial charge in [0.05, 0.1) is 18.0 Å². The zero-order valence-electron chi connectivity index (χ0n) is 19.8. The molecule has 2 aliphatic rings. The highest BCUT2D eigenvalue weighted by Crippen LogP contribution is 2.34. The molecule has 3 N–H and O–H groups in total. The Balaban J connectivity index is 1.29. The minimum atomic E-state index is -0.939. The Kier molecular flexibility index (Phi) is 6.85. The van der Waals surface area contributed by atoms with Gasteiger partial charge in [0.25, 0.3) is 0 Å². The summed E-state index contributed by atoms with van der Waals surface area (Å²) < 4.78 is 5.89. The molecular weight excluding hydrogens is 482 g/mol. The summed E-state index contributed by atoms with van der Waals surface area (Å²) in [6.07, 6.45) is 3.79. The zero-order valence-corrected chi connectivity index (χ0v) is 20.6. The van der Waals surface area contributed by atoms with Gasteiger partial charge in [0.2, 0.25) is 17.7 Å². The van der Waals surface area contributed by atoms with Crippen molar-refractivity contribution in [2.45, 2.75) is 25.9 Å². The van der Waals surface area contributed by atoms with Crippen LogP contribution in [0, 0.1) is 6.92 Å². The molecule has 1 atom stereocenters. The van der Waals surface area contributed by atoms with E-state index in [1.807, 2.05) is 30.2 Å². The van der Waals surface area contributed by atoms with Crippen molar-refractivity contribution < 1.29 is 19.4 Å². The number of thiazole rings is 1. The lowest BCUT2D eigenvalue weighted by Crippen LogP contribution is -2.32. The van der Waals surface area contributed by atoms with Crippen molar-refractivity contribution >= 4 is 40.1 Å². The minimum absolute atomic E-state index is 0.0182. The topological polar surface area (TPSA) is 133 Å². The molecular formula is C24H27N7O4S. The van der Waals surface area contributed by atoms with Crippen molar-refractivity contribution in [1.82, 2.24) is 25.2 Å². The lowest BCUT2D eigenvalue weighted by Gasteiger charge is -2.17. The zero-order chi connectivity index (χ0) is 25.1. The summed E-state index contributed by atoms with van der Waals surface area (Å²) in [6.45, 7) is 4.59. The first kappa shape index (κ1) is 23.8. The fraction of sp³-hybridized carbons (Fsp3) is 0.375. The van der Waals surface area contributed by atoms with Crippen LogP contribution >= 0.6 is 11.3 Å². The summed E-state index contributed by atoms with van der Waals surface area (Å²) in [6, 6.07) is 7.77. The van der Waals surface area contributed by atoms with E-state index in [4.69, 9.17) is 9.84 Å². The van der Waals surface area contributed by atoms with Crippen molar-refractivity contribution in [3.63, 3.8) is 0 Å². The molecule has 0 spiro atoms. The third-order valence-electron chi connectivity index (χ3n) is 5.98. The summed E-state index contributed by atoms with van der Waals surface area (Å²) in [4.78, 5) is 40.8. The Morgan fingerprint density at radius 1 is 1.28 bits per heavy atom. The van der Waals surface area contributed by atoms with Gasteiger partial charge in [-0.2, -0.15) is 4.98 Å². The van der Waals surface area contributed by atoms with E-state index in [9.17, 15) is 9.59 Å². The van der Waals surface area contributed by atoms with E-state index in [1.54, 1.807) is 23.6 Å². The van der Waals surface area contributed by atoms with E-state index in [1.165, 1.54) is 4.90 Å². The highest BCUT2D eigenvalue weighted by molar-refractivity contribution is 7.18. The number of carbonyl (C=O) groups excluding carboxylic acids is 1. The summed E-state index contributed by atoms with van der Waals surface area (Å²) in [5, 5.41) is 16.1. The van der Waals surface area contributed by atoms with Crippen LogP contribution in [-0.4, -0.2) is 75.8 Å². The van der Waals surface area contributed by atoms with Gasteiger partial charge in [-0.25, -0.2) is 14.8 Å². The smallest absolute Gasteiger partial charge is 0.407 e. The van der Waals surface area contributed by atoms with Crippen LogP contribution in [0.4, 0.5) is 21.6 Å². The molecule has 36 heavy (non-hydrogen) atoms. The monoisotopic (exact) mass is 509 g/mol. The van der Waals surface area contributed by atoms with Crippen LogP contribution in [0.25, 0.3) is 10.4 Å². The number of nitrogens with zero attached hydrogens (tertiary/aromatic N) is 5. The number of amides is 2. The predicted octanol–water partition coefficient (Wildman–Crippen LogP) is 3.11. The van der Waals surface area contributed by atoms with Crippen LogP contribution < -0.4 is 20.3 Å². The molecule has 11 nitrogen and oxygen atoms in total. The van der Waals surface area contributed by atoms with Gasteiger partial charge in [-0.3, -0.25) is 4.79 Å². The molecule has 2 amide bonds. The molecule has 2 aliphatic heterocycles. The maximum absolute atomic E-state index is 11.9. The van der Waals surface area contributed by atoms with Gasteiger partial charge in [-0.1, -0.05) is 17.4 Å². The quantitative estimate of drug-likeness (QED) is 0.458. The Hall–Kier alpha value is -3.93. The second-order valence-electron chi connectivity index (χ2n) is 8.82. The molecule has 0 saturated carbocycles. The maximum Gasteiger partial charge on any atom is 0.407 e. The molecule has 2 fully saturated rings. The fourth-order valence-electron chi connectivity index (χ4n) is 4.28. The van der Waals surface area contributed by atoms with E-state index in [-0.39, 0.29) is 12.0 Å². The number of carbonyl (C=O) groups is 2. The minimum Gasteiger partial charge on any atom is -0.472 e. The molecule has 0 radical (unpaired) electrons. The standard InChI is InChI=1S/C24H27N7O4S/c1-15-9-16(19-12-27-23(36-19)30-7-2-5-25-20(32)14-30)11-17(10-15)28-22-26-6-3-21(29-22)35-18-4-8-31(13-18)24(33)34/h3,6,9-12,18H,2,4-5,7-8,13-14H2,1H3,(H,25,32)(H,33,34)(H,26,28,29)/t18-/m1/s1. The molecule has 1 aromatic carbocycles. The van der Waals surface area contributed by atoms with Crippen molar-refractivity contribution in [1.29, 1.82) is 0 Å². The molecule has 188 valence electrons. The second kappa shape index (κ2) is 10.4. The van der Waals surface area contributed by atoms with Crippen molar-refractivity contribution in [3.8, 4) is 16.3 Å². The number of hydrogen-bond donors (Lipinski definition) is 3. The number of anilines is 3. The number of carboxylic acid groups (broad SMARTS) is 1. The number of hydrogen-bond acceptors (Lipinski definition) is 9. The maximum atomic E-state index is 11.9. The van der Waals surface area contributed by atoms with Gasteiger partial charge in [0, 0.05) is 50.2 Å². The summed E-state index contributed by atoms with van der Waals surface area (Å²) >= 11 is 1.56. The van der Waals surface area contributed by atoms with Crippen LogP contribution in [0.5, 0.6) is 5.88 Å². The first-order valence-electron chi connectivity index (χ1n) is 11.8. The van der Waals surface area contributed by atoms with E-state index in [0.29, 0.717) is 44.4 Å². The van der Waals surface area contributed by atoms with E-state index in [0.717, 1.165) is 39.8 Å². The molecule has 2 saturated heterocycles. The largest absolute Gasteiger partial charge is 0.472 e. The third kappa shape index (κ3) is 5.65. The van der Waals surface area contributed by atoms with Gasteiger partial charge in [-0.15, -0.1) is 0 Å². The average Bonchev–Trinajstić information content (AvgIpc) is 3.46. The first-order chi connectivity index (χ1) is 17.4. The number of aromatic nitrogens is 3. The Labute approximate surface area is 212 Å². The van der Waals surface area contributed by atoms with Gasteiger partial charge in [0.15, 0.2) is 5.13 Å². The number of aryl methyl sites for hydroxylation is 1. The van der Waals surface area contributed by atoms with Crippen molar-refractivity contribution in [2.24, 2.45) is 0 Å². The Bertz CT molecular complexity index is 1270.